The van der Waals surface area contributed by atoms with E-state index in [4.69, 9.17) is 18.9 Å². The highest BCUT2D eigenvalue weighted by atomic mass is 16.7. The summed E-state index contributed by atoms with van der Waals surface area (Å²) in [6.07, 6.45) is -1.40. The molecule has 2 aliphatic rings. The molecule has 0 saturated carbocycles. The van der Waals surface area contributed by atoms with Gasteiger partial charge in [-0.3, -0.25) is 10.1 Å². The first-order valence-corrected chi connectivity index (χ1v) is 6.55. The van der Waals surface area contributed by atoms with Crippen LogP contribution in [-0.4, -0.2) is 37.1 Å². The minimum absolute atomic E-state index is 0.0534. The molecular weight excluding hydrogens is 278 g/mol. The van der Waals surface area contributed by atoms with Gasteiger partial charge in [0.05, 0.1) is 11.5 Å². The lowest BCUT2D eigenvalue weighted by Crippen LogP contribution is -2.49. The third-order valence-electron chi connectivity index (χ3n) is 3.44. The first kappa shape index (κ1) is 14.2. The van der Waals surface area contributed by atoms with E-state index in [0.717, 1.165) is 5.56 Å². The lowest BCUT2D eigenvalue weighted by atomic mass is 10.1. The van der Waals surface area contributed by atoms with Crippen LogP contribution in [0.2, 0.25) is 0 Å². The van der Waals surface area contributed by atoms with Crippen molar-refractivity contribution in [2.75, 3.05) is 13.7 Å². The van der Waals surface area contributed by atoms with Gasteiger partial charge in [0.25, 0.3) is 5.70 Å². The second kappa shape index (κ2) is 5.90. The standard InChI is InChI=1S/C14H15NO6/c1-18-12-7-10(15(16)17)13-11(20-12)8-19-14(21-13)9-5-3-2-4-6-9/h2-7,11-14H,8H2,1H3/t11-,12-,13+,14?/m1/s1. The number of fused-ring (bicyclic) bond motifs is 1. The van der Waals surface area contributed by atoms with Gasteiger partial charge in [0.1, 0.15) is 6.10 Å². The minimum Gasteiger partial charge on any atom is -0.352 e. The molecule has 1 fully saturated rings. The molecule has 112 valence electrons. The predicted molar refractivity (Wildman–Crippen MR) is 70.8 cm³/mol. The Kier molecular flexibility index (Phi) is 3.98. The third kappa shape index (κ3) is 2.81. The molecule has 2 heterocycles. The SMILES string of the molecule is CO[C@H]1C=C([N+](=O)[O-])[C@@H]2OC(c3ccccc3)OC[C@H]2O1. The number of hydrogen-bond donors (Lipinski definition) is 0. The summed E-state index contributed by atoms with van der Waals surface area (Å²) in [5.41, 5.74) is 0.759. The van der Waals surface area contributed by atoms with E-state index in [1.165, 1.54) is 13.2 Å². The van der Waals surface area contributed by atoms with Crippen molar-refractivity contribution in [3.8, 4) is 0 Å². The van der Waals surface area contributed by atoms with Crippen LogP contribution in [0.5, 0.6) is 0 Å². The van der Waals surface area contributed by atoms with Gasteiger partial charge in [-0.05, 0) is 0 Å². The van der Waals surface area contributed by atoms with Gasteiger partial charge in [0.15, 0.2) is 18.7 Å². The fourth-order valence-electron chi connectivity index (χ4n) is 2.42. The normalized spacial score (nSPS) is 32.1. The Morgan fingerprint density at radius 2 is 2.05 bits per heavy atom. The Bertz CT molecular complexity index is 546. The summed E-state index contributed by atoms with van der Waals surface area (Å²) in [7, 11) is 1.43. The van der Waals surface area contributed by atoms with Gasteiger partial charge in [-0.15, -0.1) is 0 Å². The highest BCUT2D eigenvalue weighted by molar-refractivity contribution is 5.18. The largest absolute Gasteiger partial charge is 0.352 e. The lowest BCUT2D eigenvalue weighted by Gasteiger charge is -2.38. The van der Waals surface area contributed by atoms with Crippen LogP contribution in [0.25, 0.3) is 0 Å². The van der Waals surface area contributed by atoms with Gasteiger partial charge in [-0.25, -0.2) is 0 Å². The first-order chi connectivity index (χ1) is 10.2. The number of benzene rings is 1. The molecule has 1 unspecified atom stereocenters. The van der Waals surface area contributed by atoms with Crippen LogP contribution in [0, 0.1) is 10.1 Å². The fourth-order valence-corrected chi connectivity index (χ4v) is 2.42. The van der Waals surface area contributed by atoms with Crippen LogP contribution in [-0.2, 0) is 18.9 Å². The molecule has 2 aliphatic heterocycles. The summed E-state index contributed by atoms with van der Waals surface area (Å²) in [6.45, 7) is 0.204. The number of methoxy groups -OCH3 is 1. The summed E-state index contributed by atoms with van der Waals surface area (Å²) in [4.78, 5) is 10.8. The van der Waals surface area contributed by atoms with Crippen LogP contribution < -0.4 is 0 Å². The third-order valence-corrected chi connectivity index (χ3v) is 3.44. The van der Waals surface area contributed by atoms with Crippen molar-refractivity contribution in [2.45, 2.75) is 24.8 Å². The highest BCUT2D eigenvalue weighted by Crippen LogP contribution is 2.34. The summed E-state index contributed by atoms with van der Waals surface area (Å²) in [5.74, 6) is 0. The molecule has 0 N–H and O–H groups in total. The maximum absolute atomic E-state index is 11.2. The zero-order valence-corrected chi connectivity index (χ0v) is 11.4. The van der Waals surface area contributed by atoms with E-state index in [2.05, 4.69) is 0 Å². The van der Waals surface area contributed by atoms with E-state index in [9.17, 15) is 10.1 Å². The Morgan fingerprint density at radius 1 is 1.29 bits per heavy atom. The van der Waals surface area contributed by atoms with Gasteiger partial charge in [0, 0.05) is 18.7 Å². The Morgan fingerprint density at radius 3 is 2.71 bits per heavy atom. The maximum atomic E-state index is 11.2. The number of nitro groups is 1. The molecule has 7 nitrogen and oxygen atoms in total. The van der Waals surface area contributed by atoms with Crippen molar-refractivity contribution < 1.29 is 23.9 Å². The van der Waals surface area contributed by atoms with E-state index < -0.39 is 29.7 Å². The Labute approximate surface area is 121 Å². The maximum Gasteiger partial charge on any atom is 0.278 e. The Balaban J connectivity index is 1.84. The van der Waals surface area contributed by atoms with E-state index in [0.29, 0.717) is 0 Å². The van der Waals surface area contributed by atoms with Crippen molar-refractivity contribution in [3.63, 3.8) is 0 Å². The molecule has 7 heteroatoms. The van der Waals surface area contributed by atoms with Crippen molar-refractivity contribution in [3.05, 3.63) is 57.8 Å². The molecule has 1 saturated heterocycles. The molecule has 0 bridgehead atoms. The zero-order valence-electron chi connectivity index (χ0n) is 11.4. The van der Waals surface area contributed by atoms with Gasteiger partial charge in [0.2, 0.25) is 0 Å². The van der Waals surface area contributed by atoms with E-state index in [-0.39, 0.29) is 12.3 Å². The van der Waals surface area contributed by atoms with Crippen molar-refractivity contribution in [1.29, 1.82) is 0 Å². The monoisotopic (exact) mass is 293 g/mol. The minimum atomic E-state index is -0.773. The number of hydrogen-bond acceptors (Lipinski definition) is 6. The molecule has 0 aromatic heterocycles. The number of ether oxygens (including phenoxy) is 4. The molecule has 1 aromatic carbocycles. The van der Waals surface area contributed by atoms with Gasteiger partial charge < -0.3 is 18.9 Å². The van der Waals surface area contributed by atoms with Gasteiger partial charge in [-0.1, -0.05) is 30.3 Å². The first-order valence-electron chi connectivity index (χ1n) is 6.55. The van der Waals surface area contributed by atoms with E-state index in [1.54, 1.807) is 0 Å². The average molecular weight is 293 g/mol. The molecule has 0 radical (unpaired) electrons. The predicted octanol–water partition coefficient (Wildman–Crippen LogP) is 1.63. The fraction of sp³-hybridized carbons (Fsp3) is 0.429. The van der Waals surface area contributed by atoms with Crippen LogP contribution in [0.1, 0.15) is 11.9 Å². The zero-order chi connectivity index (χ0) is 14.8. The van der Waals surface area contributed by atoms with Crippen LogP contribution in [0.15, 0.2) is 42.1 Å². The molecular formula is C14H15NO6. The van der Waals surface area contributed by atoms with Crippen molar-refractivity contribution in [1.82, 2.24) is 0 Å². The van der Waals surface area contributed by atoms with Crippen LogP contribution in [0.3, 0.4) is 0 Å². The molecule has 0 spiro atoms. The average Bonchev–Trinajstić information content (AvgIpc) is 2.54. The van der Waals surface area contributed by atoms with E-state index >= 15 is 0 Å². The van der Waals surface area contributed by atoms with Crippen LogP contribution in [0.4, 0.5) is 0 Å². The smallest absolute Gasteiger partial charge is 0.278 e. The molecule has 3 rings (SSSR count). The summed E-state index contributed by atoms with van der Waals surface area (Å²) >= 11 is 0. The quantitative estimate of drug-likeness (QED) is 0.622. The summed E-state index contributed by atoms with van der Waals surface area (Å²) < 4.78 is 21.9. The molecule has 4 atom stereocenters. The Hall–Kier alpha value is -1.80. The molecule has 0 amide bonds. The van der Waals surface area contributed by atoms with Crippen molar-refractivity contribution >= 4 is 0 Å². The van der Waals surface area contributed by atoms with Crippen molar-refractivity contribution in [2.24, 2.45) is 0 Å². The van der Waals surface area contributed by atoms with Gasteiger partial charge in [-0.2, -0.15) is 0 Å². The van der Waals surface area contributed by atoms with Gasteiger partial charge >= 0.3 is 0 Å². The summed E-state index contributed by atoms with van der Waals surface area (Å²) in [5, 5.41) is 11.2. The molecule has 21 heavy (non-hydrogen) atoms. The number of rotatable bonds is 3. The van der Waals surface area contributed by atoms with Crippen LogP contribution >= 0.6 is 0 Å². The van der Waals surface area contributed by atoms with E-state index in [1.807, 2.05) is 30.3 Å². The lowest BCUT2D eigenvalue weighted by molar-refractivity contribution is -0.455. The topological polar surface area (TPSA) is 80.1 Å². The second-order valence-corrected chi connectivity index (χ2v) is 4.76. The summed E-state index contributed by atoms with van der Waals surface area (Å²) in [6, 6.07) is 9.29. The molecule has 0 aliphatic carbocycles. The molecule has 1 aromatic rings. The highest BCUT2D eigenvalue weighted by Gasteiger charge is 2.45. The number of nitrogens with zero attached hydrogens (tertiary/aromatic N) is 1. The second-order valence-electron chi connectivity index (χ2n) is 4.76.